The normalized spacial score (nSPS) is 12.7. The highest BCUT2D eigenvalue weighted by molar-refractivity contribution is 6.31. The zero-order valence-electron chi connectivity index (χ0n) is 13.5. The first-order valence-corrected chi connectivity index (χ1v) is 7.80. The fourth-order valence-corrected chi connectivity index (χ4v) is 3.11. The zero-order chi connectivity index (χ0) is 15.6. The molecule has 1 N–H and O–H groups in total. The van der Waals surface area contributed by atoms with E-state index in [1.165, 1.54) is 16.7 Å². The second kappa shape index (κ2) is 6.63. The van der Waals surface area contributed by atoms with Gasteiger partial charge in [0, 0.05) is 19.5 Å². The van der Waals surface area contributed by atoms with Crippen LogP contribution in [0, 0.1) is 13.8 Å². The van der Waals surface area contributed by atoms with Gasteiger partial charge in [0.15, 0.2) is 0 Å². The molecule has 0 aliphatic carbocycles. The topological polar surface area (TPSA) is 29.9 Å². The number of likely N-dealkylation sites (N-methyl/N-ethyl adjacent to an activating group) is 1. The number of aryl methyl sites for hydroxylation is 4. The van der Waals surface area contributed by atoms with Gasteiger partial charge in [0.1, 0.15) is 0 Å². The molecule has 2 rings (SSSR count). The Bertz CT molecular complexity index is 631. The lowest BCUT2D eigenvalue weighted by atomic mass is 9.95. The third-order valence-electron chi connectivity index (χ3n) is 4.06. The van der Waals surface area contributed by atoms with Gasteiger partial charge >= 0.3 is 0 Å². The Labute approximate surface area is 132 Å². The maximum absolute atomic E-state index is 6.48. The van der Waals surface area contributed by atoms with Gasteiger partial charge in [-0.1, -0.05) is 42.3 Å². The van der Waals surface area contributed by atoms with Crippen molar-refractivity contribution in [3.63, 3.8) is 0 Å². The van der Waals surface area contributed by atoms with E-state index in [1.54, 1.807) is 0 Å². The molecular formula is C17H24ClN3. The third-order valence-corrected chi connectivity index (χ3v) is 4.50. The van der Waals surface area contributed by atoms with Crippen LogP contribution in [0.15, 0.2) is 18.2 Å². The predicted molar refractivity (Wildman–Crippen MR) is 89.0 cm³/mol. The van der Waals surface area contributed by atoms with E-state index in [0.29, 0.717) is 0 Å². The van der Waals surface area contributed by atoms with Crippen LogP contribution in [-0.4, -0.2) is 16.8 Å². The van der Waals surface area contributed by atoms with Crippen LogP contribution in [-0.2, 0) is 19.9 Å². The lowest BCUT2D eigenvalue weighted by Crippen LogP contribution is -2.21. The van der Waals surface area contributed by atoms with Crippen LogP contribution in [0.3, 0.4) is 0 Å². The van der Waals surface area contributed by atoms with E-state index in [0.717, 1.165) is 29.3 Å². The standard InChI is InChI=1S/C17H24ClN3/c1-6-14-17(18)16(21(5)20-14)10-15(19-4)13-9-11(2)7-8-12(13)3/h7-9,15,19H,6,10H2,1-5H3. The summed E-state index contributed by atoms with van der Waals surface area (Å²) in [4.78, 5) is 0. The van der Waals surface area contributed by atoms with Crippen molar-refractivity contribution >= 4 is 11.6 Å². The Morgan fingerprint density at radius 3 is 2.62 bits per heavy atom. The quantitative estimate of drug-likeness (QED) is 0.911. The number of aromatic nitrogens is 2. The molecule has 0 fully saturated rings. The number of benzene rings is 1. The first kappa shape index (κ1) is 16.1. The van der Waals surface area contributed by atoms with Gasteiger partial charge in [-0.3, -0.25) is 4.68 Å². The molecule has 0 saturated heterocycles. The van der Waals surface area contributed by atoms with Gasteiger partial charge in [-0.05, 0) is 38.4 Å². The summed E-state index contributed by atoms with van der Waals surface area (Å²) in [6, 6.07) is 6.82. The van der Waals surface area contributed by atoms with Gasteiger partial charge in [-0.15, -0.1) is 0 Å². The molecule has 0 bridgehead atoms. The molecule has 1 aromatic carbocycles. The van der Waals surface area contributed by atoms with Crippen LogP contribution in [0.1, 0.15) is 41.0 Å². The Morgan fingerprint density at radius 2 is 2.05 bits per heavy atom. The Kier molecular flexibility index (Phi) is 5.07. The Morgan fingerprint density at radius 1 is 1.33 bits per heavy atom. The number of nitrogens with one attached hydrogen (secondary N) is 1. The van der Waals surface area contributed by atoms with Gasteiger partial charge in [-0.2, -0.15) is 5.10 Å². The second-order valence-electron chi connectivity index (χ2n) is 5.59. The molecule has 21 heavy (non-hydrogen) atoms. The smallest absolute Gasteiger partial charge is 0.0850 e. The molecule has 1 unspecified atom stereocenters. The van der Waals surface area contributed by atoms with E-state index in [-0.39, 0.29) is 6.04 Å². The van der Waals surface area contributed by atoms with E-state index < -0.39 is 0 Å². The van der Waals surface area contributed by atoms with E-state index in [1.807, 2.05) is 18.8 Å². The molecule has 3 nitrogen and oxygen atoms in total. The van der Waals surface area contributed by atoms with Crippen LogP contribution in [0.5, 0.6) is 0 Å². The minimum atomic E-state index is 0.238. The van der Waals surface area contributed by atoms with Crippen LogP contribution in [0.25, 0.3) is 0 Å². The maximum Gasteiger partial charge on any atom is 0.0850 e. The second-order valence-corrected chi connectivity index (χ2v) is 5.97. The number of nitrogens with zero attached hydrogens (tertiary/aromatic N) is 2. The SMILES string of the molecule is CCc1nn(C)c(CC(NC)c2cc(C)ccc2C)c1Cl. The van der Waals surface area contributed by atoms with Gasteiger partial charge in [0.2, 0.25) is 0 Å². The monoisotopic (exact) mass is 305 g/mol. The van der Waals surface area contributed by atoms with Gasteiger partial charge in [0.05, 0.1) is 16.4 Å². The van der Waals surface area contributed by atoms with E-state index in [9.17, 15) is 0 Å². The first-order chi connectivity index (χ1) is 9.97. The summed E-state index contributed by atoms with van der Waals surface area (Å²) in [5, 5.41) is 8.73. The minimum Gasteiger partial charge on any atom is -0.313 e. The molecule has 0 radical (unpaired) electrons. The van der Waals surface area contributed by atoms with Crippen LogP contribution in [0.4, 0.5) is 0 Å². The van der Waals surface area contributed by atoms with Crippen molar-refractivity contribution in [2.24, 2.45) is 7.05 Å². The van der Waals surface area contributed by atoms with Gasteiger partial charge < -0.3 is 5.32 Å². The van der Waals surface area contributed by atoms with Gasteiger partial charge in [-0.25, -0.2) is 0 Å². The van der Waals surface area contributed by atoms with Crippen molar-refractivity contribution < 1.29 is 0 Å². The molecule has 0 saturated carbocycles. The number of rotatable bonds is 5. The van der Waals surface area contributed by atoms with Crippen LogP contribution < -0.4 is 5.32 Å². The molecule has 1 heterocycles. The summed E-state index contributed by atoms with van der Waals surface area (Å²) >= 11 is 6.48. The summed E-state index contributed by atoms with van der Waals surface area (Å²) in [6.45, 7) is 6.36. The lowest BCUT2D eigenvalue weighted by Gasteiger charge is -2.20. The fraction of sp³-hybridized carbons (Fsp3) is 0.471. The Hall–Kier alpha value is -1.32. The predicted octanol–water partition coefficient (Wildman–Crippen LogP) is 3.76. The van der Waals surface area contributed by atoms with Crippen LogP contribution >= 0.6 is 11.6 Å². The van der Waals surface area contributed by atoms with E-state index in [2.05, 4.69) is 49.4 Å². The molecular weight excluding hydrogens is 282 g/mol. The van der Waals surface area contributed by atoms with Crippen molar-refractivity contribution in [1.82, 2.24) is 15.1 Å². The highest BCUT2D eigenvalue weighted by atomic mass is 35.5. The molecule has 4 heteroatoms. The summed E-state index contributed by atoms with van der Waals surface area (Å²) in [7, 11) is 3.97. The molecule has 114 valence electrons. The molecule has 0 amide bonds. The van der Waals surface area contributed by atoms with Crippen molar-refractivity contribution in [2.75, 3.05) is 7.05 Å². The van der Waals surface area contributed by atoms with Crippen molar-refractivity contribution in [3.05, 3.63) is 51.3 Å². The summed E-state index contributed by atoms with van der Waals surface area (Å²) in [5.41, 5.74) is 5.97. The lowest BCUT2D eigenvalue weighted by molar-refractivity contribution is 0.558. The number of hydrogen-bond donors (Lipinski definition) is 1. The van der Waals surface area contributed by atoms with E-state index in [4.69, 9.17) is 11.6 Å². The molecule has 0 spiro atoms. The fourth-order valence-electron chi connectivity index (χ4n) is 2.74. The molecule has 0 aliphatic heterocycles. The minimum absolute atomic E-state index is 0.238. The highest BCUT2D eigenvalue weighted by Crippen LogP contribution is 2.28. The molecule has 1 atom stereocenters. The maximum atomic E-state index is 6.48. The zero-order valence-corrected chi connectivity index (χ0v) is 14.3. The summed E-state index contributed by atoms with van der Waals surface area (Å²) in [6.07, 6.45) is 1.70. The van der Waals surface area contributed by atoms with Crippen molar-refractivity contribution in [3.8, 4) is 0 Å². The highest BCUT2D eigenvalue weighted by Gasteiger charge is 2.19. The van der Waals surface area contributed by atoms with Crippen molar-refractivity contribution in [2.45, 2.75) is 39.7 Å². The van der Waals surface area contributed by atoms with Gasteiger partial charge in [0.25, 0.3) is 0 Å². The third kappa shape index (κ3) is 3.30. The van der Waals surface area contributed by atoms with Crippen LogP contribution in [0.2, 0.25) is 5.02 Å². The molecule has 1 aromatic heterocycles. The van der Waals surface area contributed by atoms with E-state index >= 15 is 0 Å². The average molecular weight is 306 g/mol. The number of halogens is 1. The summed E-state index contributed by atoms with van der Waals surface area (Å²) in [5.74, 6) is 0. The molecule has 0 aliphatic rings. The Balaban J connectivity index is 2.36. The molecule has 2 aromatic rings. The summed E-state index contributed by atoms with van der Waals surface area (Å²) < 4.78 is 1.91. The largest absolute Gasteiger partial charge is 0.313 e. The first-order valence-electron chi connectivity index (χ1n) is 7.42. The van der Waals surface area contributed by atoms with Crippen molar-refractivity contribution in [1.29, 1.82) is 0 Å². The number of hydrogen-bond acceptors (Lipinski definition) is 2. The average Bonchev–Trinajstić information content (AvgIpc) is 2.74.